The quantitative estimate of drug-likeness (QED) is 0.274. The highest BCUT2D eigenvalue weighted by molar-refractivity contribution is 7.89. The summed E-state index contributed by atoms with van der Waals surface area (Å²) >= 11 is 0. The van der Waals surface area contributed by atoms with E-state index in [9.17, 15) is 22.8 Å². The van der Waals surface area contributed by atoms with Crippen LogP contribution < -0.4 is 15.4 Å². The largest absolute Gasteiger partial charge is 0.343 e. The van der Waals surface area contributed by atoms with Crippen molar-refractivity contribution in [3.05, 3.63) is 66.2 Å². The lowest BCUT2D eigenvalue weighted by atomic mass is 10.1. The van der Waals surface area contributed by atoms with Gasteiger partial charge in [0.15, 0.2) is 0 Å². The van der Waals surface area contributed by atoms with Crippen LogP contribution in [0.25, 0.3) is 0 Å². The first kappa shape index (κ1) is 32.2. The van der Waals surface area contributed by atoms with Gasteiger partial charge in [-0.05, 0) is 63.8 Å². The van der Waals surface area contributed by atoms with E-state index < -0.39 is 22.1 Å². The second kappa shape index (κ2) is 15.6. The highest BCUT2D eigenvalue weighted by Crippen LogP contribution is 2.21. The molecule has 3 rings (SSSR count). The number of carbonyl (C=O) groups excluding carboxylic acids is 3. The van der Waals surface area contributed by atoms with Crippen molar-refractivity contribution in [3.63, 3.8) is 0 Å². The maximum atomic E-state index is 13.8. The van der Waals surface area contributed by atoms with E-state index in [1.54, 1.807) is 48.9 Å². The molecule has 2 aromatic rings. The van der Waals surface area contributed by atoms with Gasteiger partial charge in [0, 0.05) is 39.1 Å². The number of amides is 3. The molecule has 0 aliphatic carbocycles. The summed E-state index contributed by atoms with van der Waals surface area (Å²) in [6.45, 7) is 4.91. The maximum absolute atomic E-state index is 13.8. The van der Waals surface area contributed by atoms with Crippen LogP contribution in [0, 0.1) is 0 Å². The fourth-order valence-electron chi connectivity index (χ4n) is 4.94. The molecule has 3 amide bonds. The monoisotopic (exact) mass is 585 g/mol. The Kier molecular flexibility index (Phi) is 12.3. The van der Waals surface area contributed by atoms with E-state index in [1.807, 2.05) is 30.3 Å². The van der Waals surface area contributed by atoms with Crippen molar-refractivity contribution in [2.45, 2.75) is 69.0 Å². The molecule has 1 aliphatic rings. The minimum Gasteiger partial charge on any atom is -0.343 e. The Morgan fingerprint density at radius 3 is 2.34 bits per heavy atom. The number of nitrogens with one attached hydrogen (secondary N) is 3. The van der Waals surface area contributed by atoms with Crippen molar-refractivity contribution < 1.29 is 22.8 Å². The fourth-order valence-corrected chi connectivity index (χ4v) is 6.03. The van der Waals surface area contributed by atoms with Crippen LogP contribution in [0.5, 0.6) is 0 Å². The molecule has 3 N–H and O–H groups in total. The Morgan fingerprint density at radius 1 is 1.05 bits per heavy atom. The third-order valence-electron chi connectivity index (χ3n) is 7.51. The first-order valence-electron chi connectivity index (χ1n) is 14.2. The lowest BCUT2D eigenvalue weighted by molar-refractivity contribution is -0.139. The zero-order chi connectivity index (χ0) is 29.8. The van der Waals surface area contributed by atoms with Gasteiger partial charge in [0.1, 0.15) is 6.04 Å². The molecule has 0 aromatic heterocycles. The SMILES string of the molecule is CN[C@@H](C)C(=O)N[C@@H](CCCNS(=O)(=O)c1ccccc1)C(=O)N1CCC[C@H]1CN(CCc1ccccc1)C(C)=O. The summed E-state index contributed by atoms with van der Waals surface area (Å²) < 4.78 is 27.7. The van der Waals surface area contributed by atoms with Gasteiger partial charge >= 0.3 is 0 Å². The Bertz CT molecular complexity index is 1240. The number of benzene rings is 2. The highest BCUT2D eigenvalue weighted by Gasteiger charge is 2.35. The average Bonchev–Trinajstić information content (AvgIpc) is 3.44. The smallest absolute Gasteiger partial charge is 0.245 e. The predicted octanol–water partition coefficient (Wildman–Crippen LogP) is 1.92. The maximum Gasteiger partial charge on any atom is 0.245 e. The van der Waals surface area contributed by atoms with Crippen molar-refractivity contribution in [1.29, 1.82) is 0 Å². The second-order valence-corrected chi connectivity index (χ2v) is 12.2. The van der Waals surface area contributed by atoms with E-state index in [4.69, 9.17) is 0 Å². The van der Waals surface area contributed by atoms with Crippen LogP contribution in [0.15, 0.2) is 65.6 Å². The average molecular weight is 586 g/mol. The van der Waals surface area contributed by atoms with Gasteiger partial charge in [-0.3, -0.25) is 14.4 Å². The number of rotatable bonds is 15. The summed E-state index contributed by atoms with van der Waals surface area (Å²) in [5.74, 6) is -0.556. The van der Waals surface area contributed by atoms with E-state index in [0.29, 0.717) is 26.1 Å². The van der Waals surface area contributed by atoms with E-state index in [-0.39, 0.29) is 41.6 Å². The summed E-state index contributed by atoms with van der Waals surface area (Å²) in [4.78, 5) is 42.8. The Balaban J connectivity index is 1.65. The van der Waals surface area contributed by atoms with Crippen LogP contribution in [0.2, 0.25) is 0 Å². The molecule has 11 heteroatoms. The van der Waals surface area contributed by atoms with Crippen LogP contribution in [-0.2, 0) is 30.8 Å². The first-order valence-corrected chi connectivity index (χ1v) is 15.7. The summed E-state index contributed by atoms with van der Waals surface area (Å²) in [7, 11) is -2.00. The molecule has 1 aliphatic heterocycles. The number of nitrogens with zero attached hydrogens (tertiary/aromatic N) is 2. The zero-order valence-electron chi connectivity index (χ0n) is 24.2. The molecular formula is C30H43N5O5S. The Labute approximate surface area is 243 Å². The molecule has 0 unspecified atom stereocenters. The Morgan fingerprint density at radius 2 is 1.71 bits per heavy atom. The van der Waals surface area contributed by atoms with Crippen molar-refractivity contribution in [3.8, 4) is 0 Å². The molecule has 1 saturated heterocycles. The number of hydrogen-bond acceptors (Lipinski definition) is 6. The van der Waals surface area contributed by atoms with Crippen molar-refractivity contribution in [2.75, 3.05) is 33.2 Å². The molecule has 41 heavy (non-hydrogen) atoms. The van der Waals surface area contributed by atoms with Crippen molar-refractivity contribution in [1.82, 2.24) is 25.2 Å². The lowest BCUT2D eigenvalue weighted by Gasteiger charge is -2.33. The minimum atomic E-state index is -3.67. The molecule has 0 bridgehead atoms. The number of sulfonamides is 1. The molecule has 1 fully saturated rings. The molecule has 3 atom stereocenters. The Hall–Kier alpha value is -3.28. The fraction of sp³-hybridized carbons (Fsp3) is 0.500. The number of likely N-dealkylation sites (N-methyl/N-ethyl adjacent to an activating group) is 1. The van der Waals surface area contributed by atoms with Gasteiger partial charge in [-0.25, -0.2) is 13.1 Å². The van der Waals surface area contributed by atoms with Gasteiger partial charge in [0.2, 0.25) is 27.7 Å². The molecule has 2 aromatic carbocycles. The second-order valence-electron chi connectivity index (χ2n) is 10.5. The summed E-state index contributed by atoms with van der Waals surface area (Å²) in [6.07, 6.45) is 2.93. The highest BCUT2D eigenvalue weighted by atomic mass is 32.2. The van der Waals surface area contributed by atoms with E-state index >= 15 is 0 Å². The predicted molar refractivity (Wildman–Crippen MR) is 158 cm³/mol. The van der Waals surface area contributed by atoms with Gasteiger partial charge in [-0.15, -0.1) is 0 Å². The van der Waals surface area contributed by atoms with Gasteiger partial charge in [0.05, 0.1) is 10.9 Å². The minimum absolute atomic E-state index is 0.0429. The molecule has 0 radical (unpaired) electrons. The molecule has 1 heterocycles. The summed E-state index contributed by atoms with van der Waals surface area (Å²) in [6, 6.07) is 16.6. The van der Waals surface area contributed by atoms with Gasteiger partial charge in [-0.1, -0.05) is 48.5 Å². The van der Waals surface area contributed by atoms with Gasteiger partial charge < -0.3 is 20.4 Å². The van der Waals surface area contributed by atoms with Gasteiger partial charge in [0.25, 0.3) is 0 Å². The molecule has 10 nitrogen and oxygen atoms in total. The molecular weight excluding hydrogens is 542 g/mol. The van der Waals surface area contributed by atoms with Crippen molar-refractivity contribution >= 4 is 27.7 Å². The normalized spacial score (nSPS) is 16.7. The van der Waals surface area contributed by atoms with Crippen molar-refractivity contribution in [2.24, 2.45) is 0 Å². The van der Waals surface area contributed by atoms with Gasteiger partial charge in [-0.2, -0.15) is 0 Å². The third kappa shape index (κ3) is 9.65. The first-order chi connectivity index (χ1) is 19.6. The lowest BCUT2D eigenvalue weighted by Crippen LogP contribution is -2.55. The molecule has 0 saturated carbocycles. The zero-order valence-corrected chi connectivity index (χ0v) is 25.0. The van der Waals surface area contributed by atoms with E-state index in [1.165, 1.54) is 12.1 Å². The van der Waals surface area contributed by atoms with E-state index in [0.717, 1.165) is 24.8 Å². The molecule has 224 valence electrons. The number of likely N-dealkylation sites (tertiary alicyclic amines) is 1. The number of hydrogen-bond donors (Lipinski definition) is 3. The van der Waals surface area contributed by atoms with Crippen LogP contribution in [0.3, 0.4) is 0 Å². The van der Waals surface area contributed by atoms with E-state index in [2.05, 4.69) is 15.4 Å². The third-order valence-corrected chi connectivity index (χ3v) is 8.98. The summed E-state index contributed by atoms with van der Waals surface area (Å²) in [5, 5.41) is 5.75. The topological polar surface area (TPSA) is 128 Å². The summed E-state index contributed by atoms with van der Waals surface area (Å²) in [5.41, 5.74) is 1.14. The molecule has 0 spiro atoms. The standard InChI is InChI=1S/C30H43N5O5S/c1-23(31-3)29(37)33-28(17-10-19-32-41(39,40)27-15-8-5-9-16-27)30(38)35-20-11-14-26(35)22-34(24(2)36)21-18-25-12-6-4-7-13-25/h4-9,12-13,15-16,23,26,28,31-32H,10-11,14,17-22H2,1-3H3,(H,33,37)/t23-,26-,28-/m0/s1. The van der Waals surface area contributed by atoms with Crippen LogP contribution in [0.1, 0.15) is 45.1 Å². The number of carbonyl (C=O) groups is 3. The van der Waals surface area contributed by atoms with Crippen LogP contribution in [-0.4, -0.2) is 87.3 Å². The van der Waals surface area contributed by atoms with Crippen LogP contribution in [0.4, 0.5) is 0 Å². The van der Waals surface area contributed by atoms with Crippen LogP contribution >= 0.6 is 0 Å².